The molecule has 20 heteroatoms. The molecule has 0 fully saturated rings. The number of hydrogen-bond acceptors (Lipinski definition) is 16. The number of ketones is 4. The third-order valence-corrected chi connectivity index (χ3v) is 20.3. The molecule has 4 aromatic carbocycles. The third kappa shape index (κ3) is 19.1. The summed E-state index contributed by atoms with van der Waals surface area (Å²) < 4.78 is 0. The van der Waals surface area contributed by atoms with Crippen molar-refractivity contribution in [2.24, 2.45) is 47.3 Å². The molecule has 0 aromatic heterocycles. The largest absolute Gasteiger partial charge is 0.507 e. The van der Waals surface area contributed by atoms with E-state index in [2.05, 4.69) is 42.5 Å². The van der Waals surface area contributed by atoms with Gasteiger partial charge < -0.3 is 63.0 Å². The number of allylic oxidation sites excluding steroid dienone is 16. The fourth-order valence-electron chi connectivity index (χ4n) is 14.8. The summed E-state index contributed by atoms with van der Waals surface area (Å²) in [5, 5.41) is 77.4. The van der Waals surface area contributed by atoms with E-state index in [0.29, 0.717) is 0 Å². The minimum Gasteiger partial charge on any atom is -0.507 e. The van der Waals surface area contributed by atoms with Gasteiger partial charge in [0.2, 0.25) is 23.6 Å². The molecule has 4 amide bonds. The maximum atomic E-state index is 16.4. The van der Waals surface area contributed by atoms with Crippen LogP contribution < -0.4 is 42.5 Å². The lowest BCUT2D eigenvalue weighted by molar-refractivity contribution is -0.123. The molecule has 5 aliphatic carbocycles. The molecule has 0 saturated heterocycles. The Balaban J connectivity index is 1.44. The first kappa shape index (κ1) is 80.8. The average molecular weight is 1470 g/mol. The molecule has 0 spiro atoms. The molecular formula is C88H104N8O12. The van der Waals surface area contributed by atoms with Crippen molar-refractivity contribution >= 4 is 46.8 Å². The number of aliphatic hydroxyl groups is 4. The number of aliphatic hydroxyl groups excluding tert-OH is 4. The van der Waals surface area contributed by atoms with Gasteiger partial charge in [0.1, 0.15) is 47.2 Å². The lowest BCUT2D eigenvalue weighted by Crippen LogP contribution is -2.43. The Bertz CT molecular complexity index is 3900. The van der Waals surface area contributed by atoms with Gasteiger partial charge in [-0.25, -0.2) is 0 Å². The number of carbonyl (C=O) groups excluding carboxylic acids is 8. The van der Waals surface area contributed by atoms with Crippen molar-refractivity contribution in [2.45, 2.75) is 131 Å². The summed E-state index contributed by atoms with van der Waals surface area (Å²) in [5.41, 5.74) is 2.15. The zero-order valence-corrected chi connectivity index (χ0v) is 63.8. The van der Waals surface area contributed by atoms with E-state index in [4.69, 9.17) is 0 Å². The van der Waals surface area contributed by atoms with Crippen molar-refractivity contribution in [1.29, 1.82) is 0 Å². The van der Waals surface area contributed by atoms with E-state index in [1.807, 2.05) is 177 Å². The second-order valence-electron chi connectivity index (χ2n) is 30.0. The lowest BCUT2D eigenvalue weighted by atomic mass is 9.67. The smallest absolute Gasteiger partial charge is 0.242 e. The Morgan fingerprint density at radius 1 is 0.315 bits per heavy atom. The van der Waals surface area contributed by atoms with Crippen LogP contribution in [0.5, 0.6) is 0 Å². The van der Waals surface area contributed by atoms with Crippen LogP contribution >= 0.6 is 0 Å². The number of fused-ring (bicyclic) bond motifs is 4. The van der Waals surface area contributed by atoms with E-state index < -0.39 is 118 Å². The molecule has 0 radical (unpaired) electrons. The van der Waals surface area contributed by atoms with Crippen LogP contribution in [0.2, 0.25) is 0 Å². The molecule has 108 heavy (non-hydrogen) atoms. The number of benzene rings is 4. The van der Waals surface area contributed by atoms with Gasteiger partial charge in [-0.3, -0.25) is 38.4 Å². The van der Waals surface area contributed by atoms with Gasteiger partial charge >= 0.3 is 0 Å². The van der Waals surface area contributed by atoms with Gasteiger partial charge in [0, 0.05) is 147 Å². The van der Waals surface area contributed by atoms with Gasteiger partial charge in [-0.15, -0.1) is 0 Å². The molecule has 0 aliphatic heterocycles. The van der Waals surface area contributed by atoms with Crippen LogP contribution in [0.4, 0.5) is 0 Å². The monoisotopic (exact) mass is 1460 g/mol. The molecule has 568 valence electrons. The standard InChI is InChI=1S/C88H104N8O12/c1-49(2)33-57-61-41-63(79(99)69(77(61)97)45-93-73(85(105)89-9)37-53-25-17-13-18-26-53)58(34-50(3)4)65-43-67(83(103)71(81(65)101)47-95-75(87(107)91-11)39-55-29-21-15-22-30-55)60(36-52(7)8)68-44-66(82(102)72(84(68)104)48-96-76(88(108)92-12)40-56-31-23-16-24-32-56)59(35-51(5)6)64-42-62(57)78(98)70(80(64)100)46-94-74(86(106)90-10)38-54-27-19-14-20-28-54/h13-32,41-52,57-60,73-76,93-97,100-101,104H,33-40H2,1-12H3,(H,89,105)(H,90,106)(H,91,107)(H,92,108)/b69-45+,70-46-,71-47+,72-48-/t57?,58?,59?,60?,73-,74-,75-,76-/m0/s1. The number of likely N-dealkylation sites (N-methyl/N-ethyl adjacent to an activating group) is 4. The normalized spacial score (nSPS) is 21.0. The zero-order chi connectivity index (χ0) is 78.2. The molecular weight excluding hydrogens is 1360 g/mol. The van der Waals surface area contributed by atoms with E-state index in [1.165, 1.54) is 53.0 Å². The van der Waals surface area contributed by atoms with Crippen LogP contribution in [0.1, 0.15) is 103 Å². The summed E-state index contributed by atoms with van der Waals surface area (Å²) in [5.74, 6) is -12.9. The van der Waals surface area contributed by atoms with Crippen LogP contribution in [0.3, 0.4) is 0 Å². The van der Waals surface area contributed by atoms with E-state index >= 15 is 19.2 Å². The minimum absolute atomic E-state index is 0.00776. The Hall–Kier alpha value is -11.3. The van der Waals surface area contributed by atoms with Crippen LogP contribution in [0.25, 0.3) is 0 Å². The maximum absolute atomic E-state index is 16.4. The third-order valence-electron chi connectivity index (χ3n) is 20.3. The van der Waals surface area contributed by atoms with Gasteiger partial charge in [0.05, 0.1) is 22.3 Å². The highest BCUT2D eigenvalue weighted by Crippen LogP contribution is 2.50. The number of carbonyl (C=O) groups is 8. The summed E-state index contributed by atoms with van der Waals surface area (Å²) in [6, 6.07) is 32.8. The molecule has 4 aromatic rings. The number of rotatable bonds is 28. The van der Waals surface area contributed by atoms with E-state index in [1.54, 1.807) is 24.3 Å². The van der Waals surface area contributed by atoms with E-state index in [-0.39, 0.29) is 142 Å². The quantitative estimate of drug-likeness (QED) is 0.0235. The van der Waals surface area contributed by atoms with Crippen LogP contribution in [0, 0.1) is 47.3 Å². The maximum Gasteiger partial charge on any atom is 0.242 e. The molecule has 8 bridgehead atoms. The van der Waals surface area contributed by atoms with E-state index in [9.17, 15) is 39.6 Å². The molecule has 9 rings (SSSR count). The molecule has 4 unspecified atom stereocenters. The van der Waals surface area contributed by atoms with Gasteiger partial charge in [-0.2, -0.15) is 0 Å². The van der Waals surface area contributed by atoms with Crippen LogP contribution in [-0.4, -0.2) is 120 Å². The zero-order valence-electron chi connectivity index (χ0n) is 63.8. The Labute approximate surface area is 634 Å². The summed E-state index contributed by atoms with van der Waals surface area (Å²) in [6.45, 7) is 15.4. The Morgan fingerprint density at radius 3 is 0.648 bits per heavy atom. The van der Waals surface area contributed by atoms with Crippen molar-refractivity contribution in [2.75, 3.05) is 28.2 Å². The van der Waals surface area contributed by atoms with Crippen LogP contribution in [0.15, 0.2) is 260 Å². The first-order chi connectivity index (χ1) is 51.7. The van der Waals surface area contributed by atoms with Gasteiger partial charge in [-0.1, -0.05) is 177 Å². The first-order valence-electron chi connectivity index (χ1n) is 37.3. The number of Topliss-reactive ketones (excluding diaryl/α,β-unsaturated/α-hetero) is 4. The van der Waals surface area contributed by atoms with Crippen molar-refractivity contribution in [3.05, 3.63) is 283 Å². The second kappa shape index (κ2) is 36.8. The van der Waals surface area contributed by atoms with Crippen molar-refractivity contribution in [3.63, 3.8) is 0 Å². The number of amides is 4. The topological polar surface area (TPSA) is 314 Å². The van der Waals surface area contributed by atoms with Gasteiger partial charge in [-0.05, 0) is 95.9 Å². The fraction of sp³-hybridized carbons (Fsp3) is 0.364. The summed E-state index contributed by atoms with van der Waals surface area (Å²) in [6.07, 6.45) is 12.3. The highest BCUT2D eigenvalue weighted by atomic mass is 16.3. The SMILES string of the molecule is CNC(=O)[C@H](Cc1ccccc1)N/C=C1/C(=O)C2=CC(=C1O)C(CC(C)C)C1=CC(=C(O)/C(=C\N[C@@H](Cc3ccccc3)C(=O)NC)C1=O)C(CC(C)C)C1=CC(=C(O)/C(=C\N[C@@H](Cc3ccccc3)C(=O)NC)C1=O)C(CC(C)C)C1=CC(=C(O)/C(=C\N[C@@H](Cc3ccccc3)C(=O)NC)C1=O)C2CC(C)C. The minimum atomic E-state index is -1.19. The first-order valence-corrected chi connectivity index (χ1v) is 37.3. The summed E-state index contributed by atoms with van der Waals surface area (Å²) >= 11 is 0. The predicted molar refractivity (Wildman–Crippen MR) is 420 cm³/mol. The fourth-order valence-corrected chi connectivity index (χ4v) is 14.8. The Morgan fingerprint density at radius 2 is 0.491 bits per heavy atom. The molecule has 20 nitrogen and oxygen atoms in total. The molecule has 0 heterocycles. The molecule has 12 N–H and O–H groups in total. The van der Waals surface area contributed by atoms with Gasteiger partial charge in [0.15, 0.2) is 23.1 Å². The van der Waals surface area contributed by atoms with Gasteiger partial charge in [0.25, 0.3) is 0 Å². The summed E-state index contributed by atoms with van der Waals surface area (Å²) in [4.78, 5) is 122. The van der Waals surface area contributed by atoms with Crippen molar-refractivity contribution < 1.29 is 58.8 Å². The second-order valence-corrected chi connectivity index (χ2v) is 30.0. The van der Waals surface area contributed by atoms with Crippen molar-refractivity contribution in [3.8, 4) is 0 Å². The molecule has 8 atom stereocenters. The summed E-state index contributed by atoms with van der Waals surface area (Å²) in [7, 11) is 5.93. The lowest BCUT2D eigenvalue weighted by Gasteiger charge is -2.36. The molecule has 5 aliphatic rings. The Kier molecular flexibility index (Phi) is 27.6. The number of hydrogen-bond donors (Lipinski definition) is 12. The predicted octanol–water partition coefficient (Wildman–Crippen LogP) is 11.3. The highest BCUT2D eigenvalue weighted by Gasteiger charge is 2.46. The average Bonchev–Trinajstić information content (AvgIpc) is 0.726. The highest BCUT2D eigenvalue weighted by molar-refractivity contribution is 6.18. The van der Waals surface area contributed by atoms with Crippen molar-refractivity contribution in [1.82, 2.24) is 42.5 Å². The van der Waals surface area contributed by atoms with E-state index in [0.717, 1.165) is 22.3 Å². The molecule has 0 saturated carbocycles. The van der Waals surface area contributed by atoms with Crippen LogP contribution in [-0.2, 0) is 64.0 Å². The number of nitrogens with one attached hydrogen (secondary N) is 8.